The van der Waals surface area contributed by atoms with E-state index in [1.807, 2.05) is 62.5 Å². The fraction of sp³-hybridized carbons (Fsp3) is 0.240. The largest absolute Gasteiger partial charge is 0.494 e. The average Bonchev–Trinajstić information content (AvgIpc) is 3.21. The molecule has 0 saturated heterocycles. The molecular weight excluding hydrogens is 424 g/mol. The summed E-state index contributed by atoms with van der Waals surface area (Å²) in [4.78, 5) is 30.5. The summed E-state index contributed by atoms with van der Waals surface area (Å²) in [6, 6.07) is 14.8. The fourth-order valence-corrected chi connectivity index (χ4v) is 4.32. The molecule has 0 fully saturated rings. The van der Waals surface area contributed by atoms with Crippen LogP contribution in [0.15, 0.2) is 65.0 Å². The Hall–Kier alpha value is -3.45. The van der Waals surface area contributed by atoms with E-state index in [2.05, 4.69) is 4.98 Å². The van der Waals surface area contributed by atoms with Gasteiger partial charge in [0, 0.05) is 10.9 Å². The van der Waals surface area contributed by atoms with Gasteiger partial charge < -0.3 is 9.47 Å². The van der Waals surface area contributed by atoms with Crippen LogP contribution in [0.1, 0.15) is 36.7 Å². The molecule has 4 aromatic rings. The second-order valence-corrected chi connectivity index (χ2v) is 8.47. The van der Waals surface area contributed by atoms with Crippen molar-refractivity contribution in [2.75, 3.05) is 6.61 Å². The van der Waals surface area contributed by atoms with E-state index >= 15 is 0 Å². The van der Waals surface area contributed by atoms with Gasteiger partial charge in [0.1, 0.15) is 10.6 Å². The number of benzene rings is 2. The number of ether oxygens (including phenoxy) is 2. The number of rotatable bonds is 7. The highest BCUT2D eigenvalue weighted by Gasteiger charge is 2.14. The Kier molecular flexibility index (Phi) is 6.37. The number of carbonyl (C=O) groups is 1. The molecule has 0 spiro atoms. The molecule has 0 aliphatic rings. The average molecular weight is 449 g/mol. The number of fused-ring (bicyclic) bond motifs is 1. The van der Waals surface area contributed by atoms with Gasteiger partial charge in [0.2, 0.25) is 0 Å². The molecule has 0 amide bonds. The summed E-state index contributed by atoms with van der Waals surface area (Å²) in [5.74, 6) is 0.442. The van der Waals surface area contributed by atoms with Crippen LogP contribution in [0.25, 0.3) is 21.3 Å². The van der Waals surface area contributed by atoms with E-state index in [9.17, 15) is 9.59 Å². The molecule has 0 saturated carbocycles. The highest BCUT2D eigenvalue weighted by atomic mass is 32.1. The summed E-state index contributed by atoms with van der Waals surface area (Å²) in [6.45, 7) is 6.54. The second kappa shape index (κ2) is 9.36. The monoisotopic (exact) mass is 448 g/mol. The van der Waals surface area contributed by atoms with Gasteiger partial charge in [0.25, 0.3) is 5.56 Å². The van der Waals surface area contributed by atoms with Crippen LogP contribution < -0.4 is 10.3 Å². The molecule has 164 valence electrons. The highest BCUT2D eigenvalue weighted by Crippen LogP contribution is 2.31. The zero-order chi connectivity index (χ0) is 22.7. The van der Waals surface area contributed by atoms with Gasteiger partial charge in [-0.1, -0.05) is 24.3 Å². The van der Waals surface area contributed by atoms with Crippen molar-refractivity contribution in [3.63, 3.8) is 0 Å². The van der Waals surface area contributed by atoms with E-state index in [-0.39, 0.29) is 17.6 Å². The van der Waals surface area contributed by atoms with E-state index in [1.54, 1.807) is 23.0 Å². The summed E-state index contributed by atoms with van der Waals surface area (Å²) in [5, 5.41) is 2.58. The summed E-state index contributed by atoms with van der Waals surface area (Å²) >= 11 is 1.46. The number of hydrogen-bond acceptors (Lipinski definition) is 6. The number of carbonyl (C=O) groups excluding carboxylic acids is 1. The Balaban J connectivity index is 1.62. The summed E-state index contributed by atoms with van der Waals surface area (Å²) < 4.78 is 12.3. The van der Waals surface area contributed by atoms with Crippen LogP contribution in [-0.4, -0.2) is 28.2 Å². The van der Waals surface area contributed by atoms with Gasteiger partial charge in [-0.15, -0.1) is 11.3 Å². The van der Waals surface area contributed by atoms with E-state index in [0.29, 0.717) is 28.9 Å². The van der Waals surface area contributed by atoms with Gasteiger partial charge in [0.15, 0.2) is 0 Å². The van der Waals surface area contributed by atoms with E-state index < -0.39 is 0 Å². The minimum Gasteiger partial charge on any atom is -0.494 e. The van der Waals surface area contributed by atoms with Crippen LogP contribution in [0.2, 0.25) is 0 Å². The molecule has 0 N–H and O–H groups in total. The molecule has 2 heterocycles. The molecule has 2 aromatic heterocycles. The van der Waals surface area contributed by atoms with Crippen molar-refractivity contribution in [1.82, 2.24) is 9.55 Å². The van der Waals surface area contributed by atoms with Crippen LogP contribution in [0, 0.1) is 0 Å². The van der Waals surface area contributed by atoms with Gasteiger partial charge in [-0.25, -0.2) is 9.78 Å². The van der Waals surface area contributed by atoms with Gasteiger partial charge in [-0.3, -0.25) is 9.36 Å². The molecule has 0 aliphatic carbocycles. The molecule has 0 atom stereocenters. The standard InChI is InChI=1S/C25H24N2O4S/c1-4-30-20-11-9-18(10-12-20)21-14-32-23-22(21)24(28)27(15-26-23)13-17-5-7-19(8-6-17)25(29)31-16(2)3/h5-12,14-16H,4,13H2,1-3H3. The molecule has 0 radical (unpaired) electrons. The van der Waals surface area contributed by atoms with Crippen molar-refractivity contribution in [1.29, 1.82) is 0 Å². The van der Waals surface area contributed by atoms with Gasteiger partial charge in [0.05, 0.1) is 36.5 Å². The number of esters is 1. The molecule has 6 nitrogen and oxygen atoms in total. The molecular formula is C25H24N2O4S. The van der Waals surface area contributed by atoms with Crippen molar-refractivity contribution >= 4 is 27.5 Å². The van der Waals surface area contributed by atoms with E-state index in [0.717, 1.165) is 22.4 Å². The van der Waals surface area contributed by atoms with Gasteiger partial charge >= 0.3 is 5.97 Å². The predicted octanol–water partition coefficient (Wildman–Crippen LogP) is 5.14. The van der Waals surface area contributed by atoms with Crippen LogP contribution in [-0.2, 0) is 11.3 Å². The Morgan fingerprint density at radius 2 is 1.81 bits per heavy atom. The first-order chi connectivity index (χ1) is 15.5. The Morgan fingerprint density at radius 1 is 1.09 bits per heavy atom. The molecule has 7 heteroatoms. The normalized spacial score (nSPS) is 11.1. The maximum atomic E-state index is 13.3. The molecule has 32 heavy (non-hydrogen) atoms. The third-order valence-electron chi connectivity index (χ3n) is 4.92. The lowest BCUT2D eigenvalue weighted by Crippen LogP contribution is -2.21. The second-order valence-electron chi connectivity index (χ2n) is 7.62. The lowest BCUT2D eigenvalue weighted by molar-refractivity contribution is 0.0378. The molecule has 4 rings (SSSR count). The predicted molar refractivity (Wildman–Crippen MR) is 127 cm³/mol. The fourth-order valence-electron chi connectivity index (χ4n) is 3.42. The van der Waals surface area contributed by atoms with Crippen LogP contribution in [0.4, 0.5) is 0 Å². The zero-order valence-electron chi connectivity index (χ0n) is 18.2. The Morgan fingerprint density at radius 3 is 2.47 bits per heavy atom. The lowest BCUT2D eigenvalue weighted by Gasteiger charge is -2.09. The third-order valence-corrected chi connectivity index (χ3v) is 5.81. The zero-order valence-corrected chi connectivity index (χ0v) is 19.0. The first-order valence-electron chi connectivity index (χ1n) is 10.5. The van der Waals surface area contributed by atoms with Crippen molar-refractivity contribution in [3.05, 3.63) is 81.7 Å². The van der Waals surface area contributed by atoms with Crippen LogP contribution in [0.3, 0.4) is 0 Å². The van der Waals surface area contributed by atoms with E-state index in [1.165, 1.54) is 11.3 Å². The van der Waals surface area contributed by atoms with Gasteiger partial charge in [-0.05, 0) is 56.2 Å². The van der Waals surface area contributed by atoms with Gasteiger partial charge in [-0.2, -0.15) is 0 Å². The number of nitrogens with zero attached hydrogens (tertiary/aromatic N) is 2. The SMILES string of the molecule is CCOc1ccc(-c2csc3ncn(Cc4ccc(C(=O)OC(C)C)cc4)c(=O)c23)cc1. The first kappa shape index (κ1) is 21.8. The number of aromatic nitrogens is 2. The van der Waals surface area contributed by atoms with Crippen LogP contribution in [0.5, 0.6) is 5.75 Å². The molecule has 0 bridgehead atoms. The highest BCUT2D eigenvalue weighted by molar-refractivity contribution is 7.17. The molecule has 0 unspecified atom stereocenters. The van der Waals surface area contributed by atoms with Crippen molar-refractivity contribution in [3.8, 4) is 16.9 Å². The Labute approximate surface area is 190 Å². The smallest absolute Gasteiger partial charge is 0.338 e. The maximum Gasteiger partial charge on any atom is 0.338 e. The van der Waals surface area contributed by atoms with E-state index in [4.69, 9.17) is 9.47 Å². The molecule has 0 aliphatic heterocycles. The van der Waals surface area contributed by atoms with Crippen molar-refractivity contribution in [2.45, 2.75) is 33.4 Å². The molecule has 2 aromatic carbocycles. The quantitative estimate of drug-likeness (QED) is 0.366. The van der Waals surface area contributed by atoms with Crippen molar-refractivity contribution in [2.24, 2.45) is 0 Å². The Bertz CT molecular complexity index is 1290. The topological polar surface area (TPSA) is 70.4 Å². The minimum absolute atomic E-state index is 0.0940. The summed E-state index contributed by atoms with van der Waals surface area (Å²) in [5.41, 5.74) is 3.10. The number of thiophene rings is 1. The number of hydrogen-bond donors (Lipinski definition) is 0. The van der Waals surface area contributed by atoms with Crippen molar-refractivity contribution < 1.29 is 14.3 Å². The lowest BCUT2D eigenvalue weighted by atomic mass is 10.1. The van der Waals surface area contributed by atoms with Crippen LogP contribution >= 0.6 is 11.3 Å². The maximum absolute atomic E-state index is 13.3. The third kappa shape index (κ3) is 4.57. The summed E-state index contributed by atoms with van der Waals surface area (Å²) in [7, 11) is 0. The minimum atomic E-state index is -0.356. The first-order valence-corrected chi connectivity index (χ1v) is 11.3. The summed E-state index contributed by atoms with van der Waals surface area (Å²) in [6.07, 6.45) is 1.40.